The number of thioether (sulfide) groups is 2. The predicted octanol–water partition coefficient (Wildman–Crippen LogP) is 5.83. The van der Waals surface area contributed by atoms with E-state index in [4.69, 9.17) is 4.74 Å². The van der Waals surface area contributed by atoms with Crippen LogP contribution in [0, 0.1) is 0 Å². The Morgan fingerprint density at radius 2 is 1.67 bits per heavy atom. The number of hydrogen-bond acceptors (Lipinski definition) is 4. The molecule has 0 aliphatic carbocycles. The van der Waals surface area contributed by atoms with Gasteiger partial charge in [0.1, 0.15) is 5.75 Å². The molecule has 0 saturated carbocycles. The van der Waals surface area contributed by atoms with Gasteiger partial charge in [0, 0.05) is 26.8 Å². The number of ether oxygens (including phenoxy) is 1. The predicted molar refractivity (Wildman–Crippen MR) is 115 cm³/mol. The van der Waals surface area contributed by atoms with Gasteiger partial charge in [-0.1, -0.05) is 24.3 Å². The van der Waals surface area contributed by atoms with Crippen LogP contribution in [0.3, 0.4) is 0 Å². The van der Waals surface area contributed by atoms with Gasteiger partial charge in [-0.3, -0.25) is 4.79 Å². The van der Waals surface area contributed by atoms with E-state index in [1.165, 1.54) is 4.90 Å². The van der Waals surface area contributed by atoms with Crippen LogP contribution in [0.15, 0.2) is 88.7 Å². The van der Waals surface area contributed by atoms with Crippen LogP contribution in [0.25, 0.3) is 0 Å². The summed E-state index contributed by atoms with van der Waals surface area (Å²) in [5, 5.41) is 2.93. The van der Waals surface area contributed by atoms with Crippen molar-refractivity contribution in [3.05, 3.63) is 84.4 Å². The van der Waals surface area contributed by atoms with E-state index in [2.05, 4.69) is 17.4 Å². The lowest BCUT2D eigenvalue weighted by Gasteiger charge is -2.09. The zero-order valence-electron chi connectivity index (χ0n) is 15.1. The smallest absolute Gasteiger partial charge is 0.255 e. The average molecular weight is 396 g/mol. The van der Waals surface area contributed by atoms with Gasteiger partial charge in [0.2, 0.25) is 0 Å². The maximum atomic E-state index is 12.4. The lowest BCUT2D eigenvalue weighted by molar-refractivity contribution is 0.102. The highest BCUT2D eigenvalue weighted by Gasteiger charge is 2.07. The van der Waals surface area contributed by atoms with Gasteiger partial charge < -0.3 is 10.1 Å². The van der Waals surface area contributed by atoms with E-state index in [0.717, 1.165) is 22.1 Å². The summed E-state index contributed by atoms with van der Waals surface area (Å²) >= 11 is 3.41. The van der Waals surface area contributed by atoms with Gasteiger partial charge in [0.25, 0.3) is 5.91 Å². The van der Waals surface area contributed by atoms with Crippen molar-refractivity contribution < 1.29 is 9.53 Å². The molecule has 0 aliphatic heterocycles. The number of hydrogen-bond donors (Lipinski definition) is 1. The van der Waals surface area contributed by atoms with Crippen molar-refractivity contribution in [2.24, 2.45) is 0 Å². The fourth-order valence-corrected chi connectivity index (χ4v) is 3.65. The molecule has 27 heavy (non-hydrogen) atoms. The van der Waals surface area contributed by atoms with Crippen LogP contribution in [-0.2, 0) is 0 Å². The summed E-state index contributed by atoms with van der Waals surface area (Å²) in [5.41, 5.74) is 1.40. The summed E-state index contributed by atoms with van der Waals surface area (Å²) in [6, 6.07) is 25.3. The number of nitrogens with one attached hydrogen (secondary N) is 1. The Morgan fingerprint density at radius 3 is 2.41 bits per heavy atom. The Hall–Kier alpha value is -2.37. The van der Waals surface area contributed by atoms with Gasteiger partial charge in [-0.15, -0.1) is 23.5 Å². The largest absolute Gasteiger partial charge is 0.493 e. The first-order valence-corrected chi connectivity index (χ1v) is 10.8. The lowest BCUT2D eigenvalue weighted by atomic mass is 10.2. The summed E-state index contributed by atoms with van der Waals surface area (Å²) in [7, 11) is 0. The first-order chi connectivity index (χ1) is 13.2. The second-order valence-corrected chi connectivity index (χ2v) is 7.77. The Labute approximate surface area is 168 Å². The quantitative estimate of drug-likeness (QED) is 0.385. The van der Waals surface area contributed by atoms with Crippen LogP contribution < -0.4 is 10.1 Å². The molecule has 0 fully saturated rings. The van der Waals surface area contributed by atoms with E-state index < -0.39 is 0 Å². The molecule has 3 aromatic rings. The Balaban J connectivity index is 1.48. The van der Waals surface area contributed by atoms with E-state index in [9.17, 15) is 4.79 Å². The second-order valence-electron chi connectivity index (χ2n) is 5.72. The third-order valence-electron chi connectivity index (χ3n) is 3.81. The lowest BCUT2D eigenvalue weighted by Crippen LogP contribution is -2.11. The molecule has 0 spiro atoms. The molecule has 0 saturated heterocycles. The number of benzene rings is 3. The van der Waals surface area contributed by atoms with Crippen LogP contribution in [0.1, 0.15) is 10.4 Å². The average Bonchev–Trinajstić information content (AvgIpc) is 2.72. The maximum Gasteiger partial charge on any atom is 0.255 e. The highest BCUT2D eigenvalue weighted by atomic mass is 32.2. The zero-order valence-corrected chi connectivity index (χ0v) is 16.7. The number of rotatable bonds is 8. The molecule has 138 valence electrons. The van der Waals surface area contributed by atoms with E-state index in [1.807, 2.05) is 60.9 Å². The molecule has 1 amide bonds. The van der Waals surface area contributed by atoms with Gasteiger partial charge in [0.05, 0.1) is 6.61 Å². The first kappa shape index (κ1) is 19.4. The third kappa shape index (κ3) is 6.08. The van der Waals surface area contributed by atoms with Crippen LogP contribution in [0.4, 0.5) is 5.69 Å². The maximum absolute atomic E-state index is 12.4. The third-order valence-corrected chi connectivity index (χ3v) is 5.51. The number of anilines is 1. The number of carbonyl (C=O) groups excluding carboxylic acids is 1. The fourth-order valence-electron chi connectivity index (χ4n) is 2.44. The highest BCUT2D eigenvalue weighted by molar-refractivity contribution is 7.99. The van der Waals surface area contributed by atoms with E-state index in [1.54, 1.807) is 35.7 Å². The molecular weight excluding hydrogens is 374 g/mol. The van der Waals surface area contributed by atoms with Crippen molar-refractivity contribution in [1.29, 1.82) is 0 Å². The van der Waals surface area contributed by atoms with Crippen molar-refractivity contribution in [2.45, 2.75) is 9.79 Å². The molecule has 0 aliphatic rings. The minimum atomic E-state index is -0.126. The van der Waals surface area contributed by atoms with Gasteiger partial charge in [-0.2, -0.15) is 0 Å². The molecule has 0 unspecified atom stereocenters. The van der Waals surface area contributed by atoms with Gasteiger partial charge >= 0.3 is 0 Å². The molecule has 3 rings (SSSR count). The number of carbonyl (C=O) groups is 1. The zero-order chi connectivity index (χ0) is 18.9. The SMILES string of the molecule is CSc1cccc(NC(=O)c2ccc(OCCSc3ccccc3)cc2)c1. The van der Waals surface area contributed by atoms with Gasteiger partial charge in [-0.25, -0.2) is 0 Å². The Morgan fingerprint density at radius 1 is 0.926 bits per heavy atom. The summed E-state index contributed by atoms with van der Waals surface area (Å²) in [4.78, 5) is 14.7. The minimum Gasteiger partial charge on any atom is -0.493 e. The monoisotopic (exact) mass is 395 g/mol. The summed E-state index contributed by atoms with van der Waals surface area (Å²) < 4.78 is 5.76. The molecule has 0 radical (unpaired) electrons. The number of amides is 1. The van der Waals surface area contributed by atoms with Crippen molar-refractivity contribution >= 4 is 35.1 Å². The van der Waals surface area contributed by atoms with E-state index in [0.29, 0.717) is 12.2 Å². The van der Waals surface area contributed by atoms with Gasteiger partial charge in [-0.05, 0) is 60.9 Å². The highest BCUT2D eigenvalue weighted by Crippen LogP contribution is 2.21. The van der Waals surface area contributed by atoms with Crippen molar-refractivity contribution in [3.63, 3.8) is 0 Å². The fraction of sp³-hybridized carbons (Fsp3) is 0.136. The Kier molecular flexibility index (Phi) is 7.25. The summed E-state index contributed by atoms with van der Waals surface area (Å²) in [6.07, 6.45) is 2.01. The van der Waals surface area contributed by atoms with Crippen molar-refractivity contribution in [2.75, 3.05) is 23.9 Å². The minimum absolute atomic E-state index is 0.126. The first-order valence-electron chi connectivity index (χ1n) is 8.61. The summed E-state index contributed by atoms with van der Waals surface area (Å²) in [6.45, 7) is 0.618. The van der Waals surface area contributed by atoms with Crippen LogP contribution in [0.5, 0.6) is 5.75 Å². The van der Waals surface area contributed by atoms with E-state index >= 15 is 0 Å². The molecule has 0 bridgehead atoms. The normalized spacial score (nSPS) is 10.4. The molecule has 3 aromatic carbocycles. The molecular formula is C22H21NO2S2. The van der Waals surface area contributed by atoms with E-state index in [-0.39, 0.29) is 5.91 Å². The molecule has 0 atom stereocenters. The molecule has 5 heteroatoms. The second kappa shape index (κ2) is 10.1. The van der Waals surface area contributed by atoms with Gasteiger partial charge in [0.15, 0.2) is 0 Å². The van der Waals surface area contributed by atoms with Crippen LogP contribution >= 0.6 is 23.5 Å². The Bertz CT molecular complexity index is 867. The topological polar surface area (TPSA) is 38.3 Å². The van der Waals surface area contributed by atoms with Crippen LogP contribution in [0.2, 0.25) is 0 Å². The standard InChI is InChI=1S/C22H21NO2S2/c1-26-21-9-5-6-18(16-21)23-22(24)17-10-12-19(13-11-17)25-14-15-27-20-7-3-2-4-8-20/h2-13,16H,14-15H2,1H3,(H,23,24). The van der Waals surface area contributed by atoms with Crippen molar-refractivity contribution in [1.82, 2.24) is 0 Å². The van der Waals surface area contributed by atoms with Crippen LogP contribution in [-0.4, -0.2) is 24.5 Å². The summed E-state index contributed by atoms with van der Waals surface area (Å²) in [5.74, 6) is 1.52. The molecule has 3 nitrogen and oxygen atoms in total. The molecule has 0 heterocycles. The molecule has 0 aromatic heterocycles. The molecule has 1 N–H and O–H groups in total. The van der Waals surface area contributed by atoms with Crippen molar-refractivity contribution in [3.8, 4) is 5.75 Å².